The van der Waals surface area contributed by atoms with E-state index in [0.717, 1.165) is 5.12 Å². The van der Waals surface area contributed by atoms with E-state index in [2.05, 4.69) is 5.32 Å². The van der Waals surface area contributed by atoms with E-state index in [1.54, 1.807) is 0 Å². The first kappa shape index (κ1) is 10.7. The van der Waals surface area contributed by atoms with E-state index in [4.69, 9.17) is 28.9 Å². The molecule has 0 unspecified atom stereocenters. The molecule has 0 heterocycles. The normalized spacial score (nSPS) is 12.5. The van der Waals surface area contributed by atoms with Gasteiger partial charge in [-0.1, -0.05) is 0 Å². The van der Waals surface area contributed by atoms with Gasteiger partial charge in [0.05, 0.1) is 0 Å². The number of nitrogens with two attached hydrogens (primary N) is 5. The first-order valence-electron chi connectivity index (χ1n) is 3.29. The Morgan fingerprint density at radius 3 is 2.18 bits per heavy atom. The number of rotatable bonds is 5. The molecule has 0 atom stereocenters. The SMILES string of the molecule is NCCNCC(N)(N)N(N)N. The zero-order valence-electron chi connectivity index (χ0n) is 6.46. The molecular formula is C4H17N7. The van der Waals surface area contributed by atoms with Crippen LogP contribution >= 0.6 is 0 Å². The van der Waals surface area contributed by atoms with Crippen LogP contribution in [0, 0.1) is 0 Å². The van der Waals surface area contributed by atoms with Gasteiger partial charge in [0.1, 0.15) is 0 Å². The average Bonchev–Trinajstić information content (AvgIpc) is 1.88. The van der Waals surface area contributed by atoms with Crippen LogP contribution in [0.2, 0.25) is 0 Å². The lowest BCUT2D eigenvalue weighted by Crippen LogP contribution is -2.72. The first-order chi connectivity index (χ1) is 5.00. The summed E-state index contributed by atoms with van der Waals surface area (Å²) in [6.45, 7) is 1.44. The fourth-order valence-electron chi connectivity index (χ4n) is 0.482. The van der Waals surface area contributed by atoms with Crippen LogP contribution in [0.1, 0.15) is 0 Å². The molecule has 0 aliphatic heterocycles. The lowest BCUT2D eigenvalue weighted by atomic mass is 10.4. The van der Waals surface area contributed by atoms with E-state index in [-0.39, 0.29) is 6.54 Å². The maximum Gasteiger partial charge on any atom is 0.160 e. The summed E-state index contributed by atoms with van der Waals surface area (Å²) < 4.78 is 0. The van der Waals surface area contributed by atoms with Crippen molar-refractivity contribution in [3.8, 4) is 0 Å². The minimum Gasteiger partial charge on any atom is -0.329 e. The maximum atomic E-state index is 5.45. The van der Waals surface area contributed by atoms with Gasteiger partial charge in [-0.25, -0.2) is 0 Å². The molecule has 7 heteroatoms. The Morgan fingerprint density at radius 2 is 1.82 bits per heavy atom. The molecule has 11 heavy (non-hydrogen) atoms. The van der Waals surface area contributed by atoms with Gasteiger partial charge in [-0.15, -0.1) is 5.12 Å². The largest absolute Gasteiger partial charge is 0.329 e. The molecule has 0 amide bonds. The summed E-state index contributed by atoms with van der Waals surface area (Å²) >= 11 is 0. The Balaban J connectivity index is 3.55. The topological polar surface area (TPSA) is 145 Å². The molecule has 0 fully saturated rings. The van der Waals surface area contributed by atoms with Gasteiger partial charge in [0.15, 0.2) is 5.79 Å². The standard InChI is InChI=1S/C4H17N7/c5-1-2-10-3-4(6,7)11(8)9/h10H,1-3,5-9H2. The maximum absolute atomic E-state index is 5.45. The van der Waals surface area contributed by atoms with Crippen LogP contribution in [-0.4, -0.2) is 30.5 Å². The number of hydrogen-bond acceptors (Lipinski definition) is 7. The fraction of sp³-hybridized carbons (Fsp3) is 1.00. The van der Waals surface area contributed by atoms with Crippen molar-refractivity contribution in [3.63, 3.8) is 0 Å². The van der Waals surface area contributed by atoms with Gasteiger partial charge in [0.2, 0.25) is 0 Å². The van der Waals surface area contributed by atoms with E-state index in [0.29, 0.717) is 13.1 Å². The van der Waals surface area contributed by atoms with Crippen molar-refractivity contribution < 1.29 is 0 Å². The Hall–Kier alpha value is -0.280. The van der Waals surface area contributed by atoms with Crippen molar-refractivity contribution >= 4 is 0 Å². The molecule has 0 aromatic heterocycles. The highest BCUT2D eigenvalue weighted by molar-refractivity contribution is 4.73. The molecule has 0 aliphatic carbocycles. The highest BCUT2D eigenvalue weighted by atomic mass is 15.7. The summed E-state index contributed by atoms with van der Waals surface area (Å²) in [5, 5.41) is 3.64. The van der Waals surface area contributed by atoms with E-state index < -0.39 is 5.79 Å². The molecule has 0 rings (SSSR count). The van der Waals surface area contributed by atoms with Crippen LogP contribution in [0.25, 0.3) is 0 Å². The number of hydrogen-bond donors (Lipinski definition) is 6. The molecule has 0 saturated carbocycles. The zero-order chi connectivity index (χ0) is 8.91. The number of nitrogens with one attached hydrogen (secondary N) is 1. The number of nitrogens with zero attached hydrogens (tertiary/aromatic N) is 1. The predicted molar refractivity (Wildman–Crippen MR) is 43.2 cm³/mol. The lowest BCUT2D eigenvalue weighted by molar-refractivity contribution is 0.0976. The van der Waals surface area contributed by atoms with Gasteiger partial charge in [0.25, 0.3) is 0 Å². The van der Waals surface area contributed by atoms with E-state index >= 15 is 0 Å². The summed E-state index contributed by atoms with van der Waals surface area (Å²) in [7, 11) is 0. The second-order valence-corrected chi connectivity index (χ2v) is 2.36. The van der Waals surface area contributed by atoms with Gasteiger partial charge in [-0.3, -0.25) is 23.2 Å². The molecule has 0 saturated heterocycles. The molecule has 0 radical (unpaired) electrons. The summed E-state index contributed by atoms with van der Waals surface area (Å²) in [4.78, 5) is 0. The first-order valence-corrected chi connectivity index (χ1v) is 3.29. The molecule has 0 bridgehead atoms. The fourth-order valence-corrected chi connectivity index (χ4v) is 0.482. The van der Waals surface area contributed by atoms with Gasteiger partial charge >= 0.3 is 0 Å². The van der Waals surface area contributed by atoms with E-state index in [1.165, 1.54) is 0 Å². The molecule has 0 aliphatic rings. The molecular weight excluding hydrogens is 146 g/mol. The van der Waals surface area contributed by atoms with Gasteiger partial charge in [-0.2, -0.15) is 0 Å². The van der Waals surface area contributed by atoms with Crippen molar-refractivity contribution in [3.05, 3.63) is 0 Å². The third-order valence-electron chi connectivity index (χ3n) is 1.21. The van der Waals surface area contributed by atoms with Gasteiger partial charge in [-0.05, 0) is 0 Å². The molecule has 0 aromatic carbocycles. The third kappa shape index (κ3) is 4.22. The third-order valence-corrected chi connectivity index (χ3v) is 1.21. The average molecular weight is 163 g/mol. The summed E-state index contributed by atoms with van der Waals surface area (Å²) in [5.74, 6) is 9.06. The molecule has 7 nitrogen and oxygen atoms in total. The van der Waals surface area contributed by atoms with E-state index in [9.17, 15) is 0 Å². The minimum atomic E-state index is -1.23. The quantitative estimate of drug-likeness (QED) is 0.105. The van der Waals surface area contributed by atoms with Gasteiger partial charge in [0, 0.05) is 19.6 Å². The van der Waals surface area contributed by atoms with Crippen molar-refractivity contribution in [1.82, 2.24) is 10.4 Å². The molecule has 0 spiro atoms. The number of hydrazine groups is 2. The van der Waals surface area contributed by atoms with Crippen LogP contribution in [0.5, 0.6) is 0 Å². The zero-order valence-corrected chi connectivity index (χ0v) is 6.46. The van der Waals surface area contributed by atoms with Crippen molar-refractivity contribution in [2.45, 2.75) is 5.79 Å². The highest BCUT2D eigenvalue weighted by Crippen LogP contribution is 1.85. The van der Waals surface area contributed by atoms with Crippen LogP contribution in [0.4, 0.5) is 0 Å². The van der Waals surface area contributed by atoms with Crippen molar-refractivity contribution in [2.24, 2.45) is 28.9 Å². The minimum absolute atomic E-state index is 0.289. The summed E-state index contributed by atoms with van der Waals surface area (Å²) in [6, 6.07) is 0. The Morgan fingerprint density at radius 1 is 1.27 bits per heavy atom. The Kier molecular flexibility index (Phi) is 4.45. The molecule has 11 N–H and O–H groups in total. The Bertz CT molecular complexity index is 101. The molecule has 68 valence electrons. The summed E-state index contributed by atoms with van der Waals surface area (Å²) in [6.07, 6.45) is 0. The summed E-state index contributed by atoms with van der Waals surface area (Å²) in [5.41, 5.74) is 16.1. The van der Waals surface area contributed by atoms with E-state index in [1.807, 2.05) is 0 Å². The van der Waals surface area contributed by atoms with Crippen molar-refractivity contribution in [1.29, 1.82) is 0 Å². The van der Waals surface area contributed by atoms with Crippen LogP contribution in [0.15, 0.2) is 0 Å². The second-order valence-electron chi connectivity index (χ2n) is 2.36. The lowest BCUT2D eigenvalue weighted by Gasteiger charge is -2.30. The highest BCUT2D eigenvalue weighted by Gasteiger charge is 2.22. The molecule has 0 aromatic rings. The van der Waals surface area contributed by atoms with Crippen LogP contribution in [-0.2, 0) is 0 Å². The smallest absolute Gasteiger partial charge is 0.160 e. The Labute approximate surface area is 65.8 Å². The van der Waals surface area contributed by atoms with Crippen LogP contribution < -0.4 is 34.2 Å². The van der Waals surface area contributed by atoms with Gasteiger partial charge < -0.3 is 11.1 Å². The second kappa shape index (κ2) is 4.57. The van der Waals surface area contributed by atoms with Crippen molar-refractivity contribution in [2.75, 3.05) is 19.6 Å². The predicted octanol–water partition coefficient (Wildman–Crippen LogP) is -3.84. The van der Waals surface area contributed by atoms with Crippen LogP contribution in [0.3, 0.4) is 0 Å². The monoisotopic (exact) mass is 163 g/mol.